The topological polar surface area (TPSA) is 15.3 Å². The summed E-state index contributed by atoms with van der Waals surface area (Å²) in [5.41, 5.74) is 1.46. The standard InChI is InChI=1S/C18H30N2S/c1-14-11-17(21-15(14)2)12-20-10-6-9-19-18(13-20)16-7-4-3-5-8-16/h11,16,18-19H,3-10,12-13H2,1-2H3. The Morgan fingerprint density at radius 1 is 1.19 bits per heavy atom. The van der Waals surface area contributed by atoms with Crippen LogP contribution in [0.2, 0.25) is 0 Å². The predicted molar refractivity (Wildman–Crippen MR) is 92.1 cm³/mol. The molecule has 1 N–H and O–H groups in total. The van der Waals surface area contributed by atoms with Gasteiger partial charge in [-0.1, -0.05) is 19.3 Å². The Labute approximate surface area is 133 Å². The van der Waals surface area contributed by atoms with E-state index in [-0.39, 0.29) is 0 Å². The molecule has 3 heteroatoms. The number of thiophene rings is 1. The van der Waals surface area contributed by atoms with Crippen molar-refractivity contribution >= 4 is 11.3 Å². The van der Waals surface area contributed by atoms with Crippen molar-refractivity contribution in [1.82, 2.24) is 10.2 Å². The molecule has 0 spiro atoms. The van der Waals surface area contributed by atoms with Gasteiger partial charge in [0.05, 0.1) is 0 Å². The zero-order chi connectivity index (χ0) is 14.7. The molecule has 3 rings (SSSR count). The van der Waals surface area contributed by atoms with Crippen LogP contribution in [0.3, 0.4) is 0 Å². The summed E-state index contributed by atoms with van der Waals surface area (Å²) in [6.45, 7) is 9.36. The van der Waals surface area contributed by atoms with Gasteiger partial charge in [-0.05, 0) is 63.7 Å². The highest BCUT2D eigenvalue weighted by Gasteiger charge is 2.27. The van der Waals surface area contributed by atoms with Gasteiger partial charge in [-0.25, -0.2) is 0 Å². The summed E-state index contributed by atoms with van der Waals surface area (Å²) in [7, 11) is 0. The summed E-state index contributed by atoms with van der Waals surface area (Å²) in [6, 6.07) is 3.13. The molecule has 1 aliphatic carbocycles. The average Bonchev–Trinajstić information content (AvgIpc) is 2.68. The maximum absolute atomic E-state index is 3.85. The van der Waals surface area contributed by atoms with Crippen LogP contribution in [0.5, 0.6) is 0 Å². The van der Waals surface area contributed by atoms with E-state index in [1.807, 2.05) is 11.3 Å². The van der Waals surface area contributed by atoms with E-state index in [1.165, 1.54) is 68.6 Å². The van der Waals surface area contributed by atoms with Gasteiger partial charge in [0.15, 0.2) is 0 Å². The fraction of sp³-hybridized carbons (Fsp3) is 0.778. The second kappa shape index (κ2) is 7.26. The summed E-state index contributed by atoms with van der Waals surface area (Å²) in [4.78, 5) is 5.74. The molecular formula is C18H30N2S. The van der Waals surface area contributed by atoms with Crippen LogP contribution in [0.15, 0.2) is 6.07 Å². The normalized spacial score (nSPS) is 25.9. The smallest absolute Gasteiger partial charge is 0.0328 e. The van der Waals surface area contributed by atoms with E-state index in [4.69, 9.17) is 0 Å². The van der Waals surface area contributed by atoms with Crippen LogP contribution in [0.1, 0.15) is 53.8 Å². The summed E-state index contributed by atoms with van der Waals surface area (Å²) < 4.78 is 0. The van der Waals surface area contributed by atoms with Crippen LogP contribution in [0.25, 0.3) is 0 Å². The zero-order valence-corrected chi connectivity index (χ0v) is 14.5. The fourth-order valence-electron chi connectivity index (χ4n) is 3.97. The largest absolute Gasteiger partial charge is 0.312 e. The van der Waals surface area contributed by atoms with E-state index in [0.29, 0.717) is 0 Å². The first kappa shape index (κ1) is 15.5. The van der Waals surface area contributed by atoms with Gasteiger partial charge in [-0.15, -0.1) is 11.3 Å². The van der Waals surface area contributed by atoms with Gasteiger partial charge in [-0.2, -0.15) is 0 Å². The third-order valence-electron chi connectivity index (χ3n) is 5.33. The molecular weight excluding hydrogens is 276 g/mol. The number of nitrogens with zero attached hydrogens (tertiary/aromatic N) is 1. The molecule has 21 heavy (non-hydrogen) atoms. The molecule has 0 bridgehead atoms. The minimum atomic E-state index is 0.731. The first-order valence-electron chi connectivity index (χ1n) is 8.74. The number of nitrogens with one attached hydrogen (secondary N) is 1. The molecule has 1 aromatic rings. The van der Waals surface area contributed by atoms with E-state index in [0.717, 1.165) is 18.5 Å². The summed E-state index contributed by atoms with van der Waals surface area (Å²) in [6.07, 6.45) is 8.55. The summed E-state index contributed by atoms with van der Waals surface area (Å²) in [5.74, 6) is 0.922. The second-order valence-corrected chi connectivity index (χ2v) is 8.34. The minimum absolute atomic E-state index is 0.731. The van der Waals surface area contributed by atoms with Gasteiger partial charge in [0.25, 0.3) is 0 Å². The third kappa shape index (κ3) is 4.08. The SMILES string of the molecule is Cc1cc(CN2CCCNC(C3CCCCC3)C2)sc1C. The number of rotatable bonds is 3. The van der Waals surface area contributed by atoms with Crippen LogP contribution in [0.4, 0.5) is 0 Å². The molecule has 1 atom stereocenters. The van der Waals surface area contributed by atoms with Crippen molar-refractivity contribution < 1.29 is 0 Å². The second-order valence-electron chi connectivity index (χ2n) is 7.00. The molecule has 2 heterocycles. The first-order valence-corrected chi connectivity index (χ1v) is 9.55. The highest BCUT2D eigenvalue weighted by molar-refractivity contribution is 7.12. The van der Waals surface area contributed by atoms with Gasteiger partial charge in [-0.3, -0.25) is 4.90 Å². The van der Waals surface area contributed by atoms with Crippen LogP contribution >= 0.6 is 11.3 Å². The third-order valence-corrected chi connectivity index (χ3v) is 6.47. The Morgan fingerprint density at radius 3 is 2.71 bits per heavy atom. The first-order chi connectivity index (χ1) is 10.2. The lowest BCUT2D eigenvalue weighted by atomic mass is 9.83. The summed E-state index contributed by atoms with van der Waals surface area (Å²) >= 11 is 1.99. The molecule has 0 aromatic carbocycles. The van der Waals surface area contributed by atoms with Crippen molar-refractivity contribution in [2.45, 2.75) is 65.0 Å². The lowest BCUT2D eigenvalue weighted by Crippen LogP contribution is -2.43. The van der Waals surface area contributed by atoms with Crippen molar-refractivity contribution in [3.05, 3.63) is 21.4 Å². The van der Waals surface area contributed by atoms with Crippen LogP contribution in [0, 0.1) is 19.8 Å². The Kier molecular flexibility index (Phi) is 5.36. The maximum Gasteiger partial charge on any atom is 0.0328 e. The predicted octanol–water partition coefficient (Wildman–Crippen LogP) is 4.11. The molecule has 2 nitrogen and oxygen atoms in total. The highest BCUT2D eigenvalue weighted by Crippen LogP contribution is 2.28. The van der Waals surface area contributed by atoms with Crippen molar-refractivity contribution in [2.75, 3.05) is 19.6 Å². The molecule has 1 aromatic heterocycles. The quantitative estimate of drug-likeness (QED) is 0.904. The van der Waals surface area contributed by atoms with Gasteiger partial charge >= 0.3 is 0 Å². The Morgan fingerprint density at radius 2 is 2.00 bits per heavy atom. The van der Waals surface area contributed by atoms with E-state index in [1.54, 1.807) is 4.88 Å². The molecule has 2 fully saturated rings. The van der Waals surface area contributed by atoms with Crippen molar-refractivity contribution in [3.63, 3.8) is 0 Å². The van der Waals surface area contributed by atoms with E-state index in [2.05, 4.69) is 30.1 Å². The molecule has 0 amide bonds. The molecule has 1 aliphatic heterocycles. The Bertz CT molecular complexity index is 429. The molecule has 0 radical (unpaired) electrons. The van der Waals surface area contributed by atoms with Gasteiger partial charge in [0, 0.05) is 28.9 Å². The number of aryl methyl sites for hydroxylation is 2. The molecule has 118 valence electrons. The average molecular weight is 307 g/mol. The van der Waals surface area contributed by atoms with Crippen molar-refractivity contribution in [2.24, 2.45) is 5.92 Å². The molecule has 1 saturated heterocycles. The highest BCUT2D eigenvalue weighted by atomic mass is 32.1. The van der Waals surface area contributed by atoms with Crippen molar-refractivity contribution in [3.8, 4) is 0 Å². The lowest BCUT2D eigenvalue weighted by molar-refractivity contribution is 0.202. The number of hydrogen-bond acceptors (Lipinski definition) is 3. The van der Waals surface area contributed by atoms with Crippen LogP contribution in [-0.2, 0) is 6.54 Å². The van der Waals surface area contributed by atoms with E-state index >= 15 is 0 Å². The van der Waals surface area contributed by atoms with E-state index < -0.39 is 0 Å². The van der Waals surface area contributed by atoms with Crippen LogP contribution in [-0.4, -0.2) is 30.6 Å². The Hall–Kier alpha value is -0.380. The van der Waals surface area contributed by atoms with Crippen LogP contribution < -0.4 is 5.32 Å². The fourth-order valence-corrected chi connectivity index (χ4v) is 5.06. The molecule has 1 unspecified atom stereocenters. The minimum Gasteiger partial charge on any atom is -0.312 e. The molecule has 1 saturated carbocycles. The monoisotopic (exact) mass is 306 g/mol. The Balaban J connectivity index is 1.61. The van der Waals surface area contributed by atoms with Gasteiger partial charge < -0.3 is 5.32 Å². The van der Waals surface area contributed by atoms with Crippen molar-refractivity contribution in [1.29, 1.82) is 0 Å². The lowest BCUT2D eigenvalue weighted by Gasteiger charge is -2.32. The maximum atomic E-state index is 3.85. The number of hydrogen-bond donors (Lipinski definition) is 1. The zero-order valence-electron chi connectivity index (χ0n) is 13.7. The van der Waals surface area contributed by atoms with Gasteiger partial charge in [0.2, 0.25) is 0 Å². The molecule has 2 aliphatic rings. The van der Waals surface area contributed by atoms with E-state index in [9.17, 15) is 0 Å². The van der Waals surface area contributed by atoms with Gasteiger partial charge in [0.1, 0.15) is 0 Å². The summed E-state index contributed by atoms with van der Waals surface area (Å²) in [5, 5.41) is 3.85.